The molecule has 0 spiro atoms. The van der Waals surface area contributed by atoms with Crippen LogP contribution in [0.3, 0.4) is 0 Å². The molecule has 1 aromatic carbocycles. The Morgan fingerprint density at radius 2 is 1.83 bits per heavy atom. The quantitative estimate of drug-likeness (QED) is 0.807. The molecule has 1 aliphatic rings. The zero-order valence-electron chi connectivity index (χ0n) is 11.0. The average molecular weight is 262 g/mol. The highest BCUT2D eigenvalue weighted by molar-refractivity contribution is 7.80. The number of hydrogen-bond acceptors (Lipinski definition) is 1. The molecule has 0 heterocycles. The van der Waals surface area contributed by atoms with Crippen LogP contribution in [0.2, 0.25) is 0 Å². The summed E-state index contributed by atoms with van der Waals surface area (Å²) in [6.45, 7) is 2.29. The van der Waals surface area contributed by atoms with E-state index in [0.717, 1.165) is 16.7 Å². The minimum atomic E-state index is 0.552. The van der Waals surface area contributed by atoms with E-state index < -0.39 is 0 Å². The first-order chi connectivity index (χ1) is 8.78. The second-order valence-corrected chi connectivity index (χ2v) is 5.50. The fourth-order valence-corrected chi connectivity index (χ4v) is 2.87. The minimum Gasteiger partial charge on any atom is -0.360 e. The Morgan fingerprint density at radius 1 is 1.17 bits per heavy atom. The third kappa shape index (κ3) is 3.98. The number of rotatable bonds is 3. The molecule has 0 bridgehead atoms. The number of thiocarbonyl (C=S) groups is 1. The molecular formula is C15H22N2S. The fraction of sp³-hybridized carbons (Fsp3) is 0.533. The van der Waals surface area contributed by atoms with Gasteiger partial charge in [0, 0.05) is 11.7 Å². The van der Waals surface area contributed by atoms with Crippen molar-refractivity contribution in [2.75, 3.05) is 5.32 Å². The summed E-state index contributed by atoms with van der Waals surface area (Å²) in [7, 11) is 0. The predicted molar refractivity (Wildman–Crippen MR) is 81.8 cm³/mol. The van der Waals surface area contributed by atoms with Crippen LogP contribution in [0, 0.1) is 5.92 Å². The van der Waals surface area contributed by atoms with Crippen molar-refractivity contribution in [2.24, 2.45) is 5.92 Å². The fourth-order valence-electron chi connectivity index (χ4n) is 2.59. The van der Waals surface area contributed by atoms with Gasteiger partial charge in [0.1, 0.15) is 0 Å². The van der Waals surface area contributed by atoms with Gasteiger partial charge in [0.2, 0.25) is 0 Å². The highest BCUT2D eigenvalue weighted by atomic mass is 32.1. The van der Waals surface area contributed by atoms with E-state index in [1.54, 1.807) is 0 Å². The van der Waals surface area contributed by atoms with Gasteiger partial charge in [-0.2, -0.15) is 0 Å². The number of hydrogen-bond donors (Lipinski definition) is 2. The Balaban J connectivity index is 1.75. The van der Waals surface area contributed by atoms with Crippen LogP contribution in [-0.4, -0.2) is 11.2 Å². The lowest BCUT2D eigenvalue weighted by Gasteiger charge is -2.29. The molecule has 1 saturated carbocycles. The maximum Gasteiger partial charge on any atom is 0.170 e. The van der Waals surface area contributed by atoms with E-state index in [9.17, 15) is 0 Å². The first-order valence-electron chi connectivity index (χ1n) is 6.90. The zero-order chi connectivity index (χ0) is 12.8. The molecule has 0 unspecified atom stereocenters. The molecule has 0 radical (unpaired) electrons. The molecular weight excluding hydrogens is 240 g/mol. The summed E-state index contributed by atoms with van der Waals surface area (Å²) in [5, 5.41) is 7.42. The van der Waals surface area contributed by atoms with Gasteiger partial charge >= 0.3 is 0 Å². The predicted octanol–water partition coefficient (Wildman–Crippen LogP) is 3.94. The Morgan fingerprint density at radius 3 is 2.44 bits per heavy atom. The molecule has 1 aromatic rings. The van der Waals surface area contributed by atoms with Crippen molar-refractivity contribution in [3.63, 3.8) is 0 Å². The van der Waals surface area contributed by atoms with E-state index >= 15 is 0 Å². The molecule has 98 valence electrons. The summed E-state index contributed by atoms with van der Waals surface area (Å²) in [5.74, 6) is 0.929. The van der Waals surface area contributed by atoms with E-state index in [-0.39, 0.29) is 0 Å². The first-order valence-corrected chi connectivity index (χ1v) is 7.31. The van der Waals surface area contributed by atoms with Crippen molar-refractivity contribution in [1.82, 2.24) is 5.32 Å². The molecule has 1 fully saturated rings. The Hall–Kier alpha value is -1.09. The molecule has 2 nitrogen and oxygen atoms in total. The number of benzene rings is 1. The van der Waals surface area contributed by atoms with Crippen LogP contribution in [0.15, 0.2) is 30.3 Å². The van der Waals surface area contributed by atoms with E-state index in [1.165, 1.54) is 32.1 Å². The van der Waals surface area contributed by atoms with Crippen LogP contribution in [0.1, 0.15) is 39.0 Å². The van der Waals surface area contributed by atoms with Crippen LogP contribution < -0.4 is 10.6 Å². The van der Waals surface area contributed by atoms with Crippen LogP contribution in [0.5, 0.6) is 0 Å². The maximum atomic E-state index is 5.35. The largest absolute Gasteiger partial charge is 0.360 e. The monoisotopic (exact) mass is 262 g/mol. The van der Waals surface area contributed by atoms with E-state index in [1.807, 2.05) is 30.3 Å². The van der Waals surface area contributed by atoms with Crippen molar-refractivity contribution in [3.05, 3.63) is 30.3 Å². The van der Waals surface area contributed by atoms with E-state index in [0.29, 0.717) is 6.04 Å². The lowest BCUT2D eigenvalue weighted by molar-refractivity contribution is 0.306. The Kier molecular flexibility index (Phi) is 5.00. The highest BCUT2D eigenvalue weighted by Crippen LogP contribution is 2.26. The van der Waals surface area contributed by atoms with Gasteiger partial charge in [0.25, 0.3) is 0 Å². The molecule has 0 saturated heterocycles. The average Bonchev–Trinajstić information content (AvgIpc) is 2.40. The van der Waals surface area contributed by atoms with Crippen LogP contribution in [-0.2, 0) is 0 Å². The zero-order valence-corrected chi connectivity index (χ0v) is 11.8. The minimum absolute atomic E-state index is 0.552. The van der Waals surface area contributed by atoms with Gasteiger partial charge in [0.15, 0.2) is 5.11 Å². The SMILES string of the molecule is CCC1CCC(NC(=S)Nc2ccccc2)CC1. The summed E-state index contributed by atoms with van der Waals surface area (Å²) < 4.78 is 0. The van der Waals surface area contributed by atoms with Gasteiger partial charge in [-0.3, -0.25) is 0 Å². The van der Waals surface area contributed by atoms with Gasteiger partial charge in [0.05, 0.1) is 0 Å². The van der Waals surface area contributed by atoms with Gasteiger partial charge in [-0.15, -0.1) is 0 Å². The lowest BCUT2D eigenvalue weighted by Crippen LogP contribution is -2.39. The van der Waals surface area contributed by atoms with Crippen molar-refractivity contribution >= 4 is 23.0 Å². The normalized spacial score (nSPS) is 23.4. The summed E-state index contributed by atoms with van der Waals surface area (Å²) in [5.41, 5.74) is 1.05. The summed E-state index contributed by atoms with van der Waals surface area (Å²) >= 11 is 5.35. The van der Waals surface area contributed by atoms with Gasteiger partial charge in [-0.25, -0.2) is 0 Å². The molecule has 0 atom stereocenters. The Bertz CT molecular complexity index is 369. The number of nitrogens with one attached hydrogen (secondary N) is 2. The van der Waals surface area contributed by atoms with Gasteiger partial charge in [-0.1, -0.05) is 31.5 Å². The molecule has 3 heteroatoms. The summed E-state index contributed by atoms with van der Waals surface area (Å²) in [6.07, 6.45) is 6.48. The molecule has 18 heavy (non-hydrogen) atoms. The standard InChI is InChI=1S/C15H22N2S/c1-2-12-8-10-14(11-9-12)17-15(18)16-13-6-4-3-5-7-13/h3-7,12,14H,2,8-11H2,1H3,(H2,16,17,18). The molecule has 0 aliphatic heterocycles. The molecule has 0 amide bonds. The first kappa shape index (κ1) is 13.3. The third-order valence-corrected chi connectivity index (χ3v) is 4.01. The maximum absolute atomic E-state index is 5.35. The number of para-hydroxylation sites is 1. The van der Waals surface area contributed by atoms with Gasteiger partial charge in [-0.05, 0) is 56.0 Å². The van der Waals surface area contributed by atoms with E-state index in [2.05, 4.69) is 17.6 Å². The van der Waals surface area contributed by atoms with Crippen LogP contribution in [0.4, 0.5) is 5.69 Å². The lowest BCUT2D eigenvalue weighted by atomic mass is 9.85. The molecule has 0 aromatic heterocycles. The third-order valence-electron chi connectivity index (χ3n) is 3.79. The van der Waals surface area contributed by atoms with Crippen LogP contribution >= 0.6 is 12.2 Å². The molecule has 2 rings (SSSR count). The van der Waals surface area contributed by atoms with E-state index in [4.69, 9.17) is 12.2 Å². The van der Waals surface area contributed by atoms with Crippen LogP contribution in [0.25, 0.3) is 0 Å². The Labute approximate surface area is 115 Å². The van der Waals surface area contributed by atoms with Crippen molar-refractivity contribution in [2.45, 2.75) is 45.1 Å². The number of anilines is 1. The summed E-state index contributed by atoms with van der Waals surface area (Å²) in [4.78, 5) is 0. The van der Waals surface area contributed by atoms with Gasteiger partial charge < -0.3 is 10.6 Å². The molecule has 1 aliphatic carbocycles. The smallest absolute Gasteiger partial charge is 0.170 e. The summed E-state index contributed by atoms with van der Waals surface area (Å²) in [6, 6.07) is 10.6. The second kappa shape index (κ2) is 6.74. The molecule has 2 N–H and O–H groups in total. The second-order valence-electron chi connectivity index (χ2n) is 5.09. The van der Waals surface area contributed by atoms with Crippen molar-refractivity contribution < 1.29 is 0 Å². The topological polar surface area (TPSA) is 24.1 Å². The highest BCUT2D eigenvalue weighted by Gasteiger charge is 2.20. The van der Waals surface area contributed by atoms with Crippen molar-refractivity contribution in [3.8, 4) is 0 Å². The van der Waals surface area contributed by atoms with Crippen molar-refractivity contribution in [1.29, 1.82) is 0 Å².